The van der Waals surface area contributed by atoms with E-state index in [-0.39, 0.29) is 11.0 Å². The van der Waals surface area contributed by atoms with Crippen molar-refractivity contribution >= 4 is 16.9 Å². The first-order valence-corrected chi connectivity index (χ1v) is 9.17. The molecule has 0 spiro atoms. The number of carbonyl (C=O) groups is 1. The molecule has 0 fully saturated rings. The Kier molecular flexibility index (Phi) is 5.10. The van der Waals surface area contributed by atoms with E-state index in [1.165, 1.54) is 6.07 Å². The molecule has 3 rings (SSSR count). The summed E-state index contributed by atoms with van der Waals surface area (Å²) in [6, 6.07) is 8.69. The normalized spacial score (nSPS) is 17.2. The minimum Gasteiger partial charge on any atom is -0.478 e. The van der Waals surface area contributed by atoms with E-state index < -0.39 is 11.9 Å². The Morgan fingerprint density at radius 3 is 2.61 bits per heavy atom. The zero-order valence-corrected chi connectivity index (χ0v) is 16.4. The monoisotopic (exact) mass is 378 g/mol. The number of allylic oxidation sites excluding steroid dienone is 3. The average Bonchev–Trinajstić information content (AvgIpc) is 2.64. The number of carboxylic acid groups (broad SMARTS) is 1. The van der Waals surface area contributed by atoms with E-state index in [1.54, 1.807) is 32.0 Å². The standard InChI is InChI=1S/C22H22N2O4/c1-5-9-24-13(3)17(11-23)20(19(14(24)4)22(26)27)16-8-6-7-15-18(25)10-12(2)28-21(15)16/h6-8,10,20H,5,9H2,1-4H3,(H,26,27)/t20-/m1/s1. The summed E-state index contributed by atoms with van der Waals surface area (Å²) in [6.45, 7) is 7.89. The van der Waals surface area contributed by atoms with Gasteiger partial charge in [0.2, 0.25) is 0 Å². The first-order chi connectivity index (χ1) is 13.3. The Morgan fingerprint density at radius 1 is 1.29 bits per heavy atom. The Morgan fingerprint density at radius 2 is 2.00 bits per heavy atom. The van der Waals surface area contributed by atoms with Gasteiger partial charge >= 0.3 is 5.97 Å². The summed E-state index contributed by atoms with van der Waals surface area (Å²) in [6.07, 6.45) is 0.813. The second kappa shape index (κ2) is 7.35. The van der Waals surface area contributed by atoms with E-state index >= 15 is 0 Å². The molecular formula is C22H22N2O4. The zero-order chi connectivity index (χ0) is 20.6. The average molecular weight is 378 g/mol. The minimum absolute atomic E-state index is 0.132. The van der Waals surface area contributed by atoms with Gasteiger partial charge in [-0.2, -0.15) is 5.26 Å². The van der Waals surface area contributed by atoms with Crippen LogP contribution in [0.3, 0.4) is 0 Å². The van der Waals surface area contributed by atoms with Crippen LogP contribution in [0.1, 0.15) is 44.4 Å². The minimum atomic E-state index is -1.09. The highest BCUT2D eigenvalue weighted by Gasteiger charge is 2.37. The molecule has 1 atom stereocenters. The van der Waals surface area contributed by atoms with Crippen LogP contribution in [0.15, 0.2) is 56.0 Å². The molecule has 0 bridgehead atoms. The summed E-state index contributed by atoms with van der Waals surface area (Å²) in [5, 5.41) is 20.3. The van der Waals surface area contributed by atoms with E-state index in [0.717, 1.165) is 12.1 Å². The summed E-state index contributed by atoms with van der Waals surface area (Å²) in [5.74, 6) is -1.45. The topological polar surface area (TPSA) is 94.5 Å². The molecule has 0 amide bonds. The van der Waals surface area contributed by atoms with Gasteiger partial charge < -0.3 is 14.4 Å². The molecule has 0 unspecified atom stereocenters. The molecule has 1 aliphatic heterocycles. The molecule has 0 radical (unpaired) electrons. The lowest BCUT2D eigenvalue weighted by Crippen LogP contribution is -2.32. The number of para-hydroxylation sites is 1. The van der Waals surface area contributed by atoms with Gasteiger partial charge in [0.05, 0.1) is 28.5 Å². The van der Waals surface area contributed by atoms with E-state index in [9.17, 15) is 20.0 Å². The van der Waals surface area contributed by atoms with Crippen LogP contribution in [0.5, 0.6) is 0 Å². The van der Waals surface area contributed by atoms with Crippen LogP contribution < -0.4 is 5.43 Å². The summed E-state index contributed by atoms with van der Waals surface area (Å²) in [7, 11) is 0. The molecule has 2 heterocycles. The first kappa shape index (κ1) is 19.4. The Balaban J connectivity index is 2.39. The number of hydrogen-bond donors (Lipinski definition) is 1. The highest BCUT2D eigenvalue weighted by molar-refractivity contribution is 5.93. The van der Waals surface area contributed by atoms with Crippen molar-refractivity contribution in [3.63, 3.8) is 0 Å². The smallest absolute Gasteiger partial charge is 0.334 e. The number of benzene rings is 1. The molecule has 144 valence electrons. The van der Waals surface area contributed by atoms with Crippen molar-refractivity contribution in [1.82, 2.24) is 4.90 Å². The van der Waals surface area contributed by atoms with Crippen LogP contribution in [0.25, 0.3) is 11.0 Å². The Hall–Kier alpha value is -3.33. The lowest BCUT2D eigenvalue weighted by molar-refractivity contribution is -0.133. The van der Waals surface area contributed by atoms with Gasteiger partial charge in [-0.05, 0) is 33.3 Å². The molecule has 6 nitrogen and oxygen atoms in total. The number of nitrogens with zero attached hydrogens (tertiary/aromatic N) is 2. The molecule has 1 aromatic heterocycles. The molecule has 1 aliphatic rings. The SMILES string of the molecule is CCCN1C(C)=C(C#N)[C@@H](c2cccc3c(=O)cc(C)oc23)C(C(=O)O)=C1C. The molecule has 0 saturated heterocycles. The third kappa shape index (κ3) is 2.99. The summed E-state index contributed by atoms with van der Waals surface area (Å²) < 4.78 is 5.83. The number of aryl methyl sites for hydroxylation is 1. The van der Waals surface area contributed by atoms with Crippen LogP contribution >= 0.6 is 0 Å². The summed E-state index contributed by atoms with van der Waals surface area (Å²) in [4.78, 5) is 26.5. The quantitative estimate of drug-likeness (QED) is 0.862. The van der Waals surface area contributed by atoms with Crippen molar-refractivity contribution in [3.05, 3.63) is 68.4 Å². The number of fused-ring (bicyclic) bond motifs is 1. The third-order valence-corrected chi connectivity index (χ3v) is 5.18. The molecule has 0 saturated carbocycles. The Labute approximate surface area is 163 Å². The number of aliphatic carboxylic acids is 1. The van der Waals surface area contributed by atoms with Crippen molar-refractivity contribution in [2.24, 2.45) is 0 Å². The van der Waals surface area contributed by atoms with Crippen LogP contribution in [0.2, 0.25) is 0 Å². The molecule has 2 aromatic rings. The van der Waals surface area contributed by atoms with E-state index in [1.807, 2.05) is 18.7 Å². The fourth-order valence-corrected chi connectivity index (χ4v) is 3.94. The van der Waals surface area contributed by atoms with Gasteiger partial charge in [-0.1, -0.05) is 19.1 Å². The van der Waals surface area contributed by atoms with Gasteiger partial charge in [-0.25, -0.2) is 4.79 Å². The second-order valence-corrected chi connectivity index (χ2v) is 6.95. The second-order valence-electron chi connectivity index (χ2n) is 6.95. The largest absolute Gasteiger partial charge is 0.478 e. The number of carboxylic acids is 1. The van der Waals surface area contributed by atoms with Crippen molar-refractivity contribution in [1.29, 1.82) is 5.26 Å². The fourth-order valence-electron chi connectivity index (χ4n) is 3.94. The van der Waals surface area contributed by atoms with Gasteiger partial charge in [-0.3, -0.25) is 4.79 Å². The number of hydrogen-bond acceptors (Lipinski definition) is 5. The van der Waals surface area contributed by atoms with Crippen molar-refractivity contribution < 1.29 is 14.3 Å². The third-order valence-electron chi connectivity index (χ3n) is 5.18. The van der Waals surface area contributed by atoms with E-state index in [4.69, 9.17) is 4.42 Å². The maximum atomic E-state index is 12.4. The van der Waals surface area contributed by atoms with Gasteiger partial charge in [0, 0.05) is 29.6 Å². The van der Waals surface area contributed by atoms with Gasteiger partial charge in [0.15, 0.2) is 5.43 Å². The lowest BCUT2D eigenvalue weighted by atomic mass is 9.79. The molecule has 28 heavy (non-hydrogen) atoms. The lowest BCUT2D eigenvalue weighted by Gasteiger charge is -2.36. The van der Waals surface area contributed by atoms with E-state index in [2.05, 4.69) is 6.07 Å². The number of nitriles is 1. The first-order valence-electron chi connectivity index (χ1n) is 9.17. The molecule has 6 heteroatoms. The van der Waals surface area contributed by atoms with Gasteiger partial charge in [0.1, 0.15) is 11.3 Å². The van der Waals surface area contributed by atoms with Crippen molar-refractivity contribution in [2.75, 3.05) is 6.54 Å². The van der Waals surface area contributed by atoms with Crippen LogP contribution in [0.4, 0.5) is 0 Å². The predicted octanol–water partition coefficient (Wildman–Crippen LogP) is 4.07. The van der Waals surface area contributed by atoms with Crippen LogP contribution in [-0.4, -0.2) is 22.5 Å². The summed E-state index contributed by atoms with van der Waals surface area (Å²) >= 11 is 0. The Bertz CT molecular complexity index is 1130. The maximum Gasteiger partial charge on any atom is 0.334 e. The number of rotatable bonds is 4. The zero-order valence-electron chi connectivity index (χ0n) is 16.4. The summed E-state index contributed by atoms with van der Waals surface area (Å²) in [5.41, 5.74) is 2.46. The fraction of sp³-hybridized carbons (Fsp3) is 0.318. The highest BCUT2D eigenvalue weighted by atomic mass is 16.4. The van der Waals surface area contributed by atoms with Crippen molar-refractivity contribution in [2.45, 2.75) is 40.0 Å². The molecule has 0 aliphatic carbocycles. The van der Waals surface area contributed by atoms with Gasteiger partial charge in [-0.15, -0.1) is 0 Å². The van der Waals surface area contributed by atoms with Crippen LogP contribution in [-0.2, 0) is 4.79 Å². The molecule has 1 N–H and O–H groups in total. The van der Waals surface area contributed by atoms with Crippen LogP contribution in [0, 0.1) is 18.3 Å². The predicted molar refractivity (Wildman–Crippen MR) is 106 cm³/mol. The maximum absolute atomic E-state index is 12.4. The van der Waals surface area contributed by atoms with Gasteiger partial charge in [0.25, 0.3) is 0 Å². The highest BCUT2D eigenvalue weighted by Crippen LogP contribution is 2.43. The molecular weight excluding hydrogens is 356 g/mol. The van der Waals surface area contributed by atoms with Crippen molar-refractivity contribution in [3.8, 4) is 6.07 Å². The van der Waals surface area contributed by atoms with E-state index in [0.29, 0.717) is 40.1 Å². The molecule has 1 aromatic carbocycles.